The molecule has 0 aliphatic carbocycles. The van der Waals surface area contributed by atoms with Crippen LogP contribution in [-0.2, 0) is 11.3 Å². The summed E-state index contributed by atoms with van der Waals surface area (Å²) in [6.45, 7) is 0.161. The summed E-state index contributed by atoms with van der Waals surface area (Å²) in [6, 6.07) is 11.8. The summed E-state index contributed by atoms with van der Waals surface area (Å²) in [5.74, 6) is -0.287. The zero-order valence-corrected chi connectivity index (χ0v) is 12.7. The van der Waals surface area contributed by atoms with Crippen molar-refractivity contribution in [3.63, 3.8) is 0 Å². The molecule has 0 saturated heterocycles. The highest BCUT2D eigenvalue weighted by Gasteiger charge is 2.04. The first-order valence-corrected chi connectivity index (χ1v) is 7.03. The summed E-state index contributed by atoms with van der Waals surface area (Å²) in [5.41, 5.74) is 6.33. The van der Waals surface area contributed by atoms with Gasteiger partial charge in [-0.05, 0) is 30.3 Å². The molecule has 110 valence electrons. The lowest BCUT2D eigenvalue weighted by Crippen LogP contribution is -2.20. The molecular weight excluding hydrogens is 339 g/mol. The number of hydrogen-bond donors (Lipinski definition) is 2. The second kappa shape index (κ2) is 7.08. The van der Waals surface area contributed by atoms with Crippen LogP contribution >= 0.6 is 15.9 Å². The van der Waals surface area contributed by atoms with Crippen molar-refractivity contribution in [3.8, 4) is 5.75 Å². The van der Waals surface area contributed by atoms with Crippen molar-refractivity contribution in [3.05, 3.63) is 58.3 Å². The highest BCUT2D eigenvalue weighted by molar-refractivity contribution is 9.10. The maximum Gasteiger partial charge on any atom is 0.255 e. The Labute approximate surface area is 130 Å². The molecule has 0 radical (unpaired) electrons. The fourth-order valence-electron chi connectivity index (χ4n) is 1.73. The van der Waals surface area contributed by atoms with Gasteiger partial charge in [-0.2, -0.15) is 0 Å². The van der Waals surface area contributed by atoms with Gasteiger partial charge in [-0.15, -0.1) is 0 Å². The van der Waals surface area contributed by atoms with Gasteiger partial charge in [0.1, 0.15) is 11.6 Å². The lowest BCUT2D eigenvalue weighted by molar-refractivity contribution is -0.119. The molecule has 6 heteroatoms. The molecule has 0 aliphatic heterocycles. The Balaban J connectivity index is 2.01. The maximum absolute atomic E-state index is 13.6. The van der Waals surface area contributed by atoms with Crippen LogP contribution in [-0.4, -0.2) is 12.5 Å². The highest BCUT2D eigenvalue weighted by Crippen LogP contribution is 2.20. The standard InChI is InChI=1S/C15H14BrFN2O2/c16-11-4-5-14(17)10(6-11)8-19-12-2-1-3-13(7-12)21-9-15(18)20/h1-7,19H,8-9H2,(H2,18,20). The van der Waals surface area contributed by atoms with Gasteiger partial charge in [0.25, 0.3) is 5.91 Å². The number of ether oxygens (including phenoxy) is 1. The van der Waals surface area contributed by atoms with Crippen molar-refractivity contribution in [2.75, 3.05) is 11.9 Å². The molecule has 3 N–H and O–H groups in total. The van der Waals surface area contributed by atoms with Gasteiger partial charge in [0, 0.05) is 28.3 Å². The first-order valence-electron chi connectivity index (χ1n) is 6.23. The van der Waals surface area contributed by atoms with Crippen LogP contribution in [0.1, 0.15) is 5.56 Å². The molecule has 1 amide bonds. The van der Waals surface area contributed by atoms with E-state index in [0.717, 1.165) is 10.2 Å². The van der Waals surface area contributed by atoms with Crippen molar-refractivity contribution in [1.82, 2.24) is 0 Å². The molecule has 0 aliphatic rings. The number of hydrogen-bond acceptors (Lipinski definition) is 3. The number of benzene rings is 2. The minimum atomic E-state index is -0.537. The summed E-state index contributed by atoms with van der Waals surface area (Å²) >= 11 is 3.31. The van der Waals surface area contributed by atoms with E-state index in [2.05, 4.69) is 21.2 Å². The van der Waals surface area contributed by atoms with Crippen LogP contribution in [0.2, 0.25) is 0 Å². The zero-order chi connectivity index (χ0) is 15.2. The molecule has 0 atom stereocenters. The van der Waals surface area contributed by atoms with Crippen LogP contribution in [0.15, 0.2) is 46.9 Å². The predicted octanol–water partition coefficient (Wildman–Crippen LogP) is 3.06. The molecule has 2 rings (SSSR count). The van der Waals surface area contributed by atoms with Crippen molar-refractivity contribution in [1.29, 1.82) is 0 Å². The van der Waals surface area contributed by atoms with Gasteiger partial charge in [0.05, 0.1) is 0 Å². The molecule has 0 fully saturated rings. The largest absolute Gasteiger partial charge is 0.484 e. The van der Waals surface area contributed by atoms with E-state index in [9.17, 15) is 9.18 Å². The highest BCUT2D eigenvalue weighted by atomic mass is 79.9. The minimum Gasteiger partial charge on any atom is -0.484 e. The van der Waals surface area contributed by atoms with E-state index in [0.29, 0.717) is 17.9 Å². The van der Waals surface area contributed by atoms with Crippen LogP contribution in [0.5, 0.6) is 5.75 Å². The predicted molar refractivity (Wildman–Crippen MR) is 82.6 cm³/mol. The molecular formula is C15H14BrFN2O2. The number of halogens is 2. The summed E-state index contributed by atoms with van der Waals surface area (Å²) in [5, 5.41) is 3.10. The molecule has 0 saturated carbocycles. The normalized spacial score (nSPS) is 10.2. The monoisotopic (exact) mass is 352 g/mol. The van der Waals surface area contributed by atoms with Gasteiger partial charge in [-0.25, -0.2) is 4.39 Å². The number of anilines is 1. The van der Waals surface area contributed by atoms with Gasteiger partial charge >= 0.3 is 0 Å². The Morgan fingerprint density at radius 3 is 2.86 bits per heavy atom. The average molecular weight is 353 g/mol. The molecule has 0 aromatic heterocycles. The Morgan fingerprint density at radius 1 is 1.29 bits per heavy atom. The average Bonchev–Trinajstić information content (AvgIpc) is 2.46. The summed E-state index contributed by atoms with van der Waals surface area (Å²) in [7, 11) is 0. The number of amides is 1. The van der Waals surface area contributed by atoms with Crippen molar-refractivity contribution < 1.29 is 13.9 Å². The van der Waals surface area contributed by atoms with Crippen LogP contribution in [0.3, 0.4) is 0 Å². The number of carbonyl (C=O) groups is 1. The van der Waals surface area contributed by atoms with E-state index in [-0.39, 0.29) is 12.4 Å². The van der Waals surface area contributed by atoms with Crippen molar-refractivity contribution >= 4 is 27.5 Å². The lowest BCUT2D eigenvalue weighted by atomic mass is 10.2. The molecule has 0 bridgehead atoms. The van der Waals surface area contributed by atoms with E-state index >= 15 is 0 Å². The molecule has 0 heterocycles. The quantitative estimate of drug-likeness (QED) is 0.839. The van der Waals surface area contributed by atoms with E-state index in [1.165, 1.54) is 6.07 Å². The Morgan fingerprint density at radius 2 is 2.10 bits per heavy atom. The smallest absolute Gasteiger partial charge is 0.255 e. The van der Waals surface area contributed by atoms with E-state index < -0.39 is 5.91 Å². The van der Waals surface area contributed by atoms with Crippen LogP contribution in [0.4, 0.5) is 10.1 Å². The maximum atomic E-state index is 13.6. The molecule has 21 heavy (non-hydrogen) atoms. The lowest BCUT2D eigenvalue weighted by Gasteiger charge is -2.10. The van der Waals surface area contributed by atoms with Crippen molar-refractivity contribution in [2.45, 2.75) is 6.54 Å². The number of carbonyl (C=O) groups excluding carboxylic acids is 1. The van der Waals surface area contributed by atoms with Crippen molar-refractivity contribution in [2.24, 2.45) is 5.73 Å². The number of nitrogens with one attached hydrogen (secondary N) is 1. The van der Waals surface area contributed by atoms with Crippen LogP contribution in [0, 0.1) is 5.82 Å². The van der Waals surface area contributed by atoms with E-state index in [1.54, 1.807) is 30.3 Å². The first kappa shape index (κ1) is 15.3. The van der Waals surface area contributed by atoms with E-state index in [4.69, 9.17) is 10.5 Å². The van der Waals surface area contributed by atoms with Crippen LogP contribution in [0.25, 0.3) is 0 Å². The van der Waals surface area contributed by atoms with Gasteiger partial charge in [0.15, 0.2) is 6.61 Å². The molecule has 2 aromatic rings. The first-order chi connectivity index (χ1) is 10.0. The van der Waals surface area contributed by atoms with Gasteiger partial charge < -0.3 is 15.8 Å². The van der Waals surface area contributed by atoms with E-state index in [1.807, 2.05) is 6.07 Å². The Hall–Kier alpha value is -2.08. The van der Waals surface area contributed by atoms with Gasteiger partial charge in [0.2, 0.25) is 0 Å². The Kier molecular flexibility index (Phi) is 5.16. The third-order valence-electron chi connectivity index (χ3n) is 2.71. The zero-order valence-electron chi connectivity index (χ0n) is 11.1. The molecule has 0 spiro atoms. The fraction of sp³-hybridized carbons (Fsp3) is 0.133. The SMILES string of the molecule is NC(=O)COc1cccc(NCc2cc(Br)ccc2F)c1. The fourth-order valence-corrected chi connectivity index (χ4v) is 2.13. The topological polar surface area (TPSA) is 64.4 Å². The van der Waals surface area contributed by atoms with Gasteiger partial charge in [-0.1, -0.05) is 22.0 Å². The second-order valence-electron chi connectivity index (χ2n) is 4.37. The third-order valence-corrected chi connectivity index (χ3v) is 3.20. The molecule has 4 nitrogen and oxygen atoms in total. The summed E-state index contributed by atoms with van der Waals surface area (Å²) in [4.78, 5) is 10.7. The number of primary amides is 1. The second-order valence-corrected chi connectivity index (χ2v) is 5.29. The molecule has 0 unspecified atom stereocenters. The number of rotatable bonds is 6. The summed E-state index contributed by atoms with van der Waals surface area (Å²) in [6.07, 6.45) is 0. The van der Waals surface area contributed by atoms with Crippen LogP contribution < -0.4 is 15.8 Å². The van der Waals surface area contributed by atoms with Gasteiger partial charge in [-0.3, -0.25) is 4.79 Å². The summed E-state index contributed by atoms with van der Waals surface area (Å²) < 4.78 is 19.6. The molecule has 2 aromatic carbocycles. The third kappa shape index (κ3) is 4.75. The Bertz CT molecular complexity index is 649. The minimum absolute atomic E-state index is 0.177. The number of nitrogens with two attached hydrogens (primary N) is 1.